The lowest BCUT2D eigenvalue weighted by Gasteiger charge is -2.03. The van der Waals surface area contributed by atoms with Crippen molar-refractivity contribution in [3.63, 3.8) is 0 Å². The molecule has 0 unspecified atom stereocenters. The van der Waals surface area contributed by atoms with Gasteiger partial charge >= 0.3 is 0 Å². The largest absolute Gasteiger partial charge is 0.175 e. The molecule has 7 heavy (non-hydrogen) atoms. The number of rotatable bonds is 0. The van der Waals surface area contributed by atoms with E-state index in [0.717, 1.165) is 12.8 Å². The maximum absolute atomic E-state index is 4.26. The molecule has 0 amide bonds. The summed E-state index contributed by atoms with van der Waals surface area (Å²) in [6.07, 6.45) is 6.22. The highest BCUT2D eigenvalue weighted by atomic mass is 32.1. The number of allylic oxidation sites excluding steroid dienone is 1. The van der Waals surface area contributed by atoms with Crippen LogP contribution in [0.5, 0.6) is 0 Å². The van der Waals surface area contributed by atoms with Crippen LogP contribution >= 0.6 is 12.6 Å². The monoisotopic (exact) mass is 112 g/mol. The van der Waals surface area contributed by atoms with Crippen LogP contribution < -0.4 is 0 Å². The summed E-state index contributed by atoms with van der Waals surface area (Å²) in [5.74, 6) is 0. The molecule has 1 aliphatic rings. The van der Waals surface area contributed by atoms with Crippen molar-refractivity contribution in [3.05, 3.63) is 17.9 Å². The average molecular weight is 112 g/mol. The molecule has 0 N–H and O–H groups in total. The van der Waals surface area contributed by atoms with Gasteiger partial charge in [0.25, 0.3) is 0 Å². The average Bonchev–Trinajstić information content (AvgIpc) is 1.69. The number of thiol groups is 1. The Labute approximate surface area is 49.3 Å². The van der Waals surface area contributed by atoms with Crippen LogP contribution in [-0.4, -0.2) is 5.25 Å². The summed E-state index contributed by atoms with van der Waals surface area (Å²) in [6, 6.07) is 0. The van der Waals surface area contributed by atoms with E-state index in [2.05, 4.69) is 18.4 Å². The van der Waals surface area contributed by atoms with Crippen LogP contribution in [0.2, 0.25) is 0 Å². The van der Waals surface area contributed by atoms with E-state index >= 15 is 0 Å². The molecule has 0 aromatic carbocycles. The van der Waals surface area contributed by atoms with Gasteiger partial charge in [0.15, 0.2) is 0 Å². The van der Waals surface area contributed by atoms with E-state index in [1.54, 1.807) is 0 Å². The van der Waals surface area contributed by atoms with E-state index in [1.165, 1.54) is 0 Å². The molecule has 0 aromatic heterocycles. The van der Waals surface area contributed by atoms with Crippen molar-refractivity contribution in [1.29, 1.82) is 0 Å². The molecule has 0 heterocycles. The van der Waals surface area contributed by atoms with Gasteiger partial charge in [0.2, 0.25) is 0 Å². The first-order valence-corrected chi connectivity index (χ1v) is 2.98. The zero-order valence-electron chi connectivity index (χ0n) is 4.09. The molecule has 0 saturated heterocycles. The Balaban J connectivity index is 2.49. The van der Waals surface area contributed by atoms with Gasteiger partial charge in [-0.25, -0.2) is 0 Å². The van der Waals surface area contributed by atoms with Gasteiger partial charge in [0.05, 0.1) is 0 Å². The van der Waals surface area contributed by atoms with Crippen molar-refractivity contribution >= 4 is 12.6 Å². The van der Waals surface area contributed by atoms with Crippen molar-refractivity contribution in [2.75, 3.05) is 0 Å². The molecule has 1 rings (SSSR count). The zero-order valence-corrected chi connectivity index (χ0v) is 4.99. The molecule has 0 nitrogen and oxygen atoms in total. The van der Waals surface area contributed by atoms with Crippen LogP contribution in [0.1, 0.15) is 12.8 Å². The molecule has 0 radical (unpaired) electrons. The lowest BCUT2D eigenvalue weighted by molar-refractivity contribution is 0.883. The summed E-state index contributed by atoms with van der Waals surface area (Å²) < 4.78 is 0. The fourth-order valence-electron chi connectivity index (χ4n) is 0.588. The lowest BCUT2D eigenvalue weighted by Crippen LogP contribution is -1.95. The molecule has 0 saturated carbocycles. The van der Waals surface area contributed by atoms with E-state index in [9.17, 15) is 0 Å². The normalized spacial score (nSPS) is 20.7. The SMILES string of the molecule is SC1CC=C=CC1. The Hall–Kier alpha value is -0.130. The van der Waals surface area contributed by atoms with Gasteiger partial charge in [-0.15, -0.1) is 5.73 Å². The minimum Gasteiger partial charge on any atom is -0.175 e. The van der Waals surface area contributed by atoms with Crippen molar-refractivity contribution in [2.24, 2.45) is 0 Å². The highest BCUT2D eigenvalue weighted by molar-refractivity contribution is 7.80. The van der Waals surface area contributed by atoms with Crippen LogP contribution in [-0.2, 0) is 0 Å². The minimum atomic E-state index is 0.557. The van der Waals surface area contributed by atoms with Gasteiger partial charge in [0, 0.05) is 5.25 Å². The second-order valence-corrected chi connectivity index (χ2v) is 2.43. The van der Waals surface area contributed by atoms with E-state index in [0.29, 0.717) is 5.25 Å². The molecule has 0 aliphatic heterocycles. The van der Waals surface area contributed by atoms with Gasteiger partial charge in [-0.05, 0) is 25.0 Å². The Kier molecular flexibility index (Phi) is 1.61. The first kappa shape index (κ1) is 5.02. The maximum atomic E-state index is 4.26. The molecule has 0 bridgehead atoms. The second-order valence-electron chi connectivity index (χ2n) is 1.70. The summed E-state index contributed by atoms with van der Waals surface area (Å²) in [7, 11) is 0. The molecule has 1 aliphatic carbocycles. The van der Waals surface area contributed by atoms with Crippen LogP contribution in [0, 0.1) is 0 Å². The third-order valence-corrected chi connectivity index (χ3v) is 1.44. The summed E-state index contributed by atoms with van der Waals surface area (Å²) in [5, 5.41) is 0.557. The van der Waals surface area contributed by atoms with Gasteiger partial charge < -0.3 is 0 Å². The van der Waals surface area contributed by atoms with Crippen LogP contribution in [0.3, 0.4) is 0 Å². The zero-order chi connectivity index (χ0) is 5.11. The summed E-state index contributed by atoms with van der Waals surface area (Å²) in [5.41, 5.74) is 3.02. The van der Waals surface area contributed by atoms with Gasteiger partial charge in [-0.2, -0.15) is 12.6 Å². The molecular formula is C6H8S. The maximum Gasteiger partial charge on any atom is 0.00979 e. The predicted molar refractivity (Wildman–Crippen MR) is 34.7 cm³/mol. The van der Waals surface area contributed by atoms with Crippen LogP contribution in [0.15, 0.2) is 17.9 Å². The molecule has 0 aromatic rings. The molecule has 38 valence electrons. The predicted octanol–water partition coefficient (Wildman–Crippen LogP) is 1.79. The summed E-state index contributed by atoms with van der Waals surface area (Å²) >= 11 is 4.26. The summed E-state index contributed by atoms with van der Waals surface area (Å²) in [6.45, 7) is 0. The number of hydrogen-bond donors (Lipinski definition) is 1. The number of hydrogen-bond acceptors (Lipinski definition) is 1. The highest BCUT2D eigenvalue weighted by Gasteiger charge is 1.97. The molecule has 0 fully saturated rings. The topological polar surface area (TPSA) is 0 Å². The quantitative estimate of drug-likeness (QED) is 0.358. The van der Waals surface area contributed by atoms with Crippen LogP contribution in [0.25, 0.3) is 0 Å². The second kappa shape index (κ2) is 2.25. The third-order valence-electron chi connectivity index (χ3n) is 1.02. The fraction of sp³-hybridized carbons (Fsp3) is 0.500. The smallest absolute Gasteiger partial charge is 0.00979 e. The Morgan fingerprint density at radius 3 is 2.29 bits per heavy atom. The standard InChI is InChI=1S/C6H8S/c7-6-4-2-1-3-5-6/h2-3,6-7H,4-5H2. The van der Waals surface area contributed by atoms with E-state index in [-0.39, 0.29) is 0 Å². The molecule has 0 atom stereocenters. The third kappa shape index (κ3) is 1.42. The van der Waals surface area contributed by atoms with Crippen molar-refractivity contribution < 1.29 is 0 Å². The Morgan fingerprint density at radius 1 is 1.43 bits per heavy atom. The molecular weight excluding hydrogens is 104 g/mol. The van der Waals surface area contributed by atoms with Crippen molar-refractivity contribution in [2.45, 2.75) is 18.1 Å². The van der Waals surface area contributed by atoms with Crippen molar-refractivity contribution in [1.82, 2.24) is 0 Å². The van der Waals surface area contributed by atoms with Gasteiger partial charge in [-0.3, -0.25) is 0 Å². The van der Waals surface area contributed by atoms with E-state index in [4.69, 9.17) is 0 Å². The highest BCUT2D eigenvalue weighted by Crippen LogP contribution is 2.10. The van der Waals surface area contributed by atoms with Gasteiger partial charge in [0.1, 0.15) is 0 Å². The first-order valence-electron chi connectivity index (χ1n) is 2.47. The van der Waals surface area contributed by atoms with Crippen LogP contribution in [0.4, 0.5) is 0 Å². The summed E-state index contributed by atoms with van der Waals surface area (Å²) in [4.78, 5) is 0. The van der Waals surface area contributed by atoms with E-state index < -0.39 is 0 Å². The first-order chi connectivity index (χ1) is 3.39. The molecule has 0 spiro atoms. The van der Waals surface area contributed by atoms with Crippen molar-refractivity contribution in [3.8, 4) is 0 Å². The van der Waals surface area contributed by atoms with E-state index in [1.807, 2.05) is 12.2 Å². The Bertz CT molecular complexity index is 99.3. The fourth-order valence-corrected chi connectivity index (χ4v) is 0.799. The van der Waals surface area contributed by atoms with Gasteiger partial charge in [-0.1, -0.05) is 0 Å². The Morgan fingerprint density at radius 2 is 2.00 bits per heavy atom. The molecule has 1 heteroatoms. The minimum absolute atomic E-state index is 0.557. The lowest BCUT2D eigenvalue weighted by atomic mass is 10.2.